The first-order valence-corrected chi connectivity index (χ1v) is 8.26. The van der Waals surface area contributed by atoms with Crippen LogP contribution in [0.25, 0.3) is 0 Å². The Morgan fingerprint density at radius 1 is 1.30 bits per heavy atom. The van der Waals surface area contributed by atoms with Crippen molar-refractivity contribution in [2.75, 3.05) is 5.32 Å². The van der Waals surface area contributed by atoms with Crippen LogP contribution in [0.15, 0.2) is 24.5 Å². The van der Waals surface area contributed by atoms with Gasteiger partial charge in [-0.2, -0.15) is 0 Å². The van der Waals surface area contributed by atoms with E-state index in [1.165, 1.54) is 18.4 Å². The fraction of sp³-hybridized carbons (Fsp3) is 0.471. The molecule has 1 aromatic carbocycles. The predicted octanol–water partition coefficient (Wildman–Crippen LogP) is 3.06. The summed E-state index contributed by atoms with van der Waals surface area (Å²) in [6.07, 6.45) is 5.91. The van der Waals surface area contributed by atoms with Gasteiger partial charge in [-0.15, -0.1) is 10.2 Å². The maximum absolute atomic E-state index is 12.2. The number of hydrogen-bond acceptors (Lipinski definition) is 3. The molecule has 0 spiro atoms. The second-order valence-electron chi connectivity index (χ2n) is 5.89. The first-order valence-electron chi connectivity index (χ1n) is 8.26. The zero-order valence-electron chi connectivity index (χ0n) is 13.7. The maximum Gasteiger partial charge on any atom is 0.319 e. The number of nitrogens with one attached hydrogen (secondary N) is 2. The smallest absolute Gasteiger partial charge is 0.319 e. The highest BCUT2D eigenvalue weighted by molar-refractivity contribution is 5.90. The highest BCUT2D eigenvalue weighted by atomic mass is 16.2. The van der Waals surface area contributed by atoms with Gasteiger partial charge in [0.1, 0.15) is 6.33 Å². The highest BCUT2D eigenvalue weighted by Crippen LogP contribution is 2.35. The number of carbonyl (C=O) groups excluding carboxylic acids is 1. The lowest BCUT2D eigenvalue weighted by Gasteiger charge is -2.12. The Bertz CT molecular complexity index is 690. The van der Waals surface area contributed by atoms with E-state index in [-0.39, 0.29) is 6.03 Å². The van der Waals surface area contributed by atoms with Gasteiger partial charge < -0.3 is 15.2 Å². The zero-order chi connectivity index (χ0) is 16.2. The molecule has 1 heterocycles. The monoisotopic (exact) mass is 313 g/mol. The molecular formula is C17H23N5O. The normalized spacial score (nSPS) is 13.8. The van der Waals surface area contributed by atoms with Crippen molar-refractivity contribution in [3.63, 3.8) is 0 Å². The summed E-state index contributed by atoms with van der Waals surface area (Å²) in [6, 6.07) is 6.54. The molecule has 0 aliphatic heterocycles. The fourth-order valence-corrected chi connectivity index (χ4v) is 2.64. The van der Waals surface area contributed by atoms with Crippen LogP contribution >= 0.6 is 0 Å². The summed E-state index contributed by atoms with van der Waals surface area (Å²) in [5.74, 6) is 0.806. The van der Waals surface area contributed by atoms with E-state index in [9.17, 15) is 4.79 Å². The van der Waals surface area contributed by atoms with Gasteiger partial charge in [0, 0.05) is 11.7 Å². The molecule has 2 N–H and O–H groups in total. The van der Waals surface area contributed by atoms with Gasteiger partial charge >= 0.3 is 6.03 Å². The molecule has 0 unspecified atom stereocenters. The van der Waals surface area contributed by atoms with E-state index in [0.717, 1.165) is 29.9 Å². The average Bonchev–Trinajstić information content (AvgIpc) is 3.31. The quantitative estimate of drug-likeness (QED) is 0.861. The Morgan fingerprint density at radius 2 is 2.13 bits per heavy atom. The van der Waals surface area contributed by atoms with Crippen LogP contribution in [-0.4, -0.2) is 20.8 Å². The molecule has 6 heteroatoms. The summed E-state index contributed by atoms with van der Waals surface area (Å²) < 4.78 is 2.05. The molecule has 0 atom stereocenters. The van der Waals surface area contributed by atoms with E-state index in [2.05, 4.69) is 51.4 Å². The molecule has 1 saturated carbocycles. The van der Waals surface area contributed by atoms with E-state index in [1.54, 1.807) is 6.33 Å². The molecule has 0 bridgehead atoms. The molecule has 0 radical (unpaired) electrons. The van der Waals surface area contributed by atoms with Gasteiger partial charge in [-0.3, -0.25) is 0 Å². The summed E-state index contributed by atoms with van der Waals surface area (Å²) in [4.78, 5) is 12.2. The molecule has 2 aromatic rings. The van der Waals surface area contributed by atoms with Crippen molar-refractivity contribution in [1.82, 2.24) is 20.1 Å². The molecule has 3 rings (SSSR count). The number of hydrogen-bond donors (Lipinski definition) is 2. The molecular weight excluding hydrogens is 290 g/mol. The van der Waals surface area contributed by atoms with Crippen LogP contribution in [0.3, 0.4) is 0 Å². The van der Waals surface area contributed by atoms with Crippen LogP contribution in [0.2, 0.25) is 0 Å². The second-order valence-corrected chi connectivity index (χ2v) is 5.89. The Balaban J connectivity index is 1.61. The number of benzene rings is 1. The highest BCUT2D eigenvalue weighted by Gasteiger charge is 2.26. The summed E-state index contributed by atoms with van der Waals surface area (Å²) >= 11 is 0. The van der Waals surface area contributed by atoms with Crippen molar-refractivity contribution in [3.8, 4) is 0 Å². The largest absolute Gasteiger partial charge is 0.331 e. The van der Waals surface area contributed by atoms with Gasteiger partial charge in [-0.1, -0.05) is 26.0 Å². The minimum absolute atomic E-state index is 0.210. The topological polar surface area (TPSA) is 71.8 Å². The molecule has 122 valence electrons. The van der Waals surface area contributed by atoms with Crippen LogP contribution in [0.1, 0.15) is 49.7 Å². The third-order valence-corrected chi connectivity index (χ3v) is 4.21. The number of aromatic nitrogens is 3. The number of nitrogens with zero attached hydrogens (tertiary/aromatic N) is 3. The maximum atomic E-state index is 12.2. The van der Waals surface area contributed by atoms with Gasteiger partial charge in [-0.25, -0.2) is 4.79 Å². The summed E-state index contributed by atoms with van der Waals surface area (Å²) in [5.41, 5.74) is 3.23. The summed E-state index contributed by atoms with van der Waals surface area (Å²) in [6.45, 7) is 4.58. The minimum atomic E-state index is -0.210. The third kappa shape index (κ3) is 3.70. The summed E-state index contributed by atoms with van der Waals surface area (Å²) in [7, 11) is 0. The van der Waals surface area contributed by atoms with Crippen LogP contribution in [0, 0.1) is 0 Å². The Labute approximate surface area is 136 Å². The first kappa shape index (κ1) is 15.5. The van der Waals surface area contributed by atoms with Gasteiger partial charge in [0.2, 0.25) is 0 Å². The SMILES string of the molecule is CCc1ccc(CC)c(NC(=O)NCc2nncn2C2CC2)c1. The van der Waals surface area contributed by atoms with E-state index in [1.807, 2.05) is 6.07 Å². The molecule has 6 nitrogen and oxygen atoms in total. The van der Waals surface area contributed by atoms with Crippen molar-refractivity contribution in [2.45, 2.75) is 52.1 Å². The number of aryl methyl sites for hydroxylation is 2. The number of urea groups is 1. The average molecular weight is 313 g/mol. The first-order chi connectivity index (χ1) is 11.2. The standard InChI is InChI=1S/C17H23N5O/c1-3-12-5-6-13(4-2)15(9-12)20-17(23)18-10-16-21-19-11-22(16)14-7-8-14/h5-6,9,11,14H,3-4,7-8,10H2,1-2H3,(H2,18,20,23). The molecule has 0 saturated heterocycles. The predicted molar refractivity (Wildman–Crippen MR) is 89.3 cm³/mol. The molecule has 1 aromatic heterocycles. The molecule has 1 aliphatic rings. The van der Waals surface area contributed by atoms with Crippen molar-refractivity contribution >= 4 is 11.7 Å². The molecule has 23 heavy (non-hydrogen) atoms. The zero-order valence-corrected chi connectivity index (χ0v) is 13.7. The van der Waals surface area contributed by atoms with E-state index in [4.69, 9.17) is 0 Å². The van der Waals surface area contributed by atoms with Crippen molar-refractivity contribution < 1.29 is 4.79 Å². The number of amides is 2. The van der Waals surface area contributed by atoms with Gasteiger partial charge in [-0.05, 0) is 42.9 Å². The lowest BCUT2D eigenvalue weighted by Crippen LogP contribution is -2.29. The van der Waals surface area contributed by atoms with Gasteiger partial charge in [0.25, 0.3) is 0 Å². The van der Waals surface area contributed by atoms with Crippen LogP contribution in [0.4, 0.5) is 10.5 Å². The molecule has 1 aliphatic carbocycles. The molecule has 1 fully saturated rings. The van der Waals surface area contributed by atoms with Gasteiger partial charge in [0.15, 0.2) is 5.82 Å². The Hall–Kier alpha value is -2.37. The lowest BCUT2D eigenvalue weighted by molar-refractivity contribution is 0.251. The Kier molecular flexibility index (Phi) is 4.60. The van der Waals surface area contributed by atoms with E-state index >= 15 is 0 Å². The third-order valence-electron chi connectivity index (χ3n) is 4.21. The number of carbonyl (C=O) groups is 1. The van der Waals surface area contributed by atoms with Crippen LogP contribution in [-0.2, 0) is 19.4 Å². The van der Waals surface area contributed by atoms with Crippen molar-refractivity contribution in [1.29, 1.82) is 0 Å². The fourth-order valence-electron chi connectivity index (χ4n) is 2.64. The Morgan fingerprint density at radius 3 is 2.83 bits per heavy atom. The van der Waals surface area contributed by atoms with Crippen LogP contribution < -0.4 is 10.6 Å². The number of rotatable bonds is 6. The van der Waals surface area contributed by atoms with Gasteiger partial charge in [0.05, 0.1) is 6.54 Å². The molecule has 2 amide bonds. The lowest BCUT2D eigenvalue weighted by atomic mass is 10.1. The van der Waals surface area contributed by atoms with Crippen molar-refractivity contribution in [3.05, 3.63) is 41.5 Å². The summed E-state index contributed by atoms with van der Waals surface area (Å²) in [5, 5.41) is 13.9. The van der Waals surface area contributed by atoms with E-state index < -0.39 is 0 Å². The second kappa shape index (κ2) is 6.81. The van der Waals surface area contributed by atoms with E-state index in [0.29, 0.717) is 12.6 Å². The van der Waals surface area contributed by atoms with Crippen molar-refractivity contribution in [2.24, 2.45) is 0 Å². The minimum Gasteiger partial charge on any atom is -0.331 e. The van der Waals surface area contributed by atoms with Crippen LogP contribution in [0.5, 0.6) is 0 Å². The number of anilines is 1.